The molecule has 0 bridgehead atoms. The molecule has 1 aromatic carbocycles. The van der Waals surface area contributed by atoms with Gasteiger partial charge in [0.2, 0.25) is 5.91 Å². The van der Waals surface area contributed by atoms with Gasteiger partial charge in [-0.2, -0.15) is 0 Å². The second kappa shape index (κ2) is 8.11. The highest BCUT2D eigenvalue weighted by Crippen LogP contribution is 2.28. The largest absolute Gasteiger partial charge is 0.467 e. The summed E-state index contributed by atoms with van der Waals surface area (Å²) in [5.74, 6) is -2.49. The van der Waals surface area contributed by atoms with Gasteiger partial charge in [0.05, 0.1) is 13.7 Å². The van der Waals surface area contributed by atoms with Gasteiger partial charge in [0, 0.05) is 38.8 Å². The number of aliphatic hydroxyl groups is 1. The maximum absolute atomic E-state index is 14.4. The zero-order valence-corrected chi connectivity index (χ0v) is 14.1. The van der Waals surface area contributed by atoms with E-state index in [-0.39, 0.29) is 36.8 Å². The summed E-state index contributed by atoms with van der Waals surface area (Å²) in [5.41, 5.74) is -0.105. The molecule has 0 spiro atoms. The van der Waals surface area contributed by atoms with Gasteiger partial charge in [-0.05, 0) is 12.1 Å². The smallest absolute Gasteiger partial charge is 0.336 e. The van der Waals surface area contributed by atoms with Crippen molar-refractivity contribution in [1.29, 1.82) is 0 Å². The summed E-state index contributed by atoms with van der Waals surface area (Å²) in [7, 11) is 2.78. The summed E-state index contributed by atoms with van der Waals surface area (Å²) in [5, 5.41) is 12.1. The van der Waals surface area contributed by atoms with Crippen molar-refractivity contribution in [3.8, 4) is 0 Å². The fourth-order valence-electron chi connectivity index (χ4n) is 2.56. The van der Waals surface area contributed by atoms with E-state index in [0.717, 1.165) is 19.2 Å². The first-order valence-corrected chi connectivity index (χ1v) is 7.81. The van der Waals surface area contributed by atoms with Crippen LogP contribution in [0.25, 0.3) is 0 Å². The first-order chi connectivity index (χ1) is 11.8. The van der Waals surface area contributed by atoms with E-state index in [9.17, 15) is 23.5 Å². The molecule has 0 saturated carbocycles. The summed E-state index contributed by atoms with van der Waals surface area (Å²) in [6.45, 7) is 0.686. The molecule has 1 heterocycles. The number of hydrogen-bond donors (Lipinski definition) is 2. The fourth-order valence-corrected chi connectivity index (χ4v) is 2.56. The molecule has 1 atom stereocenters. The third-order valence-corrected chi connectivity index (χ3v) is 4.03. The van der Waals surface area contributed by atoms with E-state index in [2.05, 4.69) is 10.1 Å². The summed E-state index contributed by atoms with van der Waals surface area (Å²) < 4.78 is 33.2. The van der Waals surface area contributed by atoms with Crippen LogP contribution in [0, 0.1) is 11.6 Å². The lowest BCUT2D eigenvalue weighted by molar-refractivity contribution is -0.149. The Morgan fingerprint density at radius 2 is 1.96 bits per heavy atom. The maximum atomic E-state index is 14.4. The summed E-state index contributed by atoms with van der Waals surface area (Å²) >= 11 is 0. The molecule has 1 saturated heterocycles. The number of nitrogens with one attached hydrogen (secondary N) is 1. The van der Waals surface area contributed by atoms with Gasteiger partial charge in [0.15, 0.2) is 17.7 Å². The van der Waals surface area contributed by atoms with Crippen molar-refractivity contribution < 1.29 is 28.2 Å². The van der Waals surface area contributed by atoms with Crippen LogP contribution in [-0.4, -0.2) is 68.3 Å². The molecule has 0 unspecified atom stereocenters. The standard InChI is InChI=1S/C16H21F2N3O4/c1-20-5-6-21(4-3-14(20)23)15-11(17)7-10(8-12(15)18)19-9-13(22)16(24)25-2/h7-8,13,19,22H,3-6,9H2,1-2H3/t13-/m1/s1. The number of carbonyl (C=O) groups excluding carboxylic acids is 2. The quantitative estimate of drug-likeness (QED) is 0.751. The molecular weight excluding hydrogens is 336 g/mol. The maximum Gasteiger partial charge on any atom is 0.336 e. The van der Waals surface area contributed by atoms with Crippen molar-refractivity contribution in [2.45, 2.75) is 12.5 Å². The Morgan fingerprint density at radius 1 is 1.32 bits per heavy atom. The van der Waals surface area contributed by atoms with Crippen LogP contribution in [0.2, 0.25) is 0 Å². The highest BCUT2D eigenvalue weighted by Gasteiger charge is 2.23. The van der Waals surface area contributed by atoms with Crippen LogP contribution in [0.4, 0.5) is 20.2 Å². The topological polar surface area (TPSA) is 82.1 Å². The Morgan fingerprint density at radius 3 is 2.56 bits per heavy atom. The van der Waals surface area contributed by atoms with E-state index in [1.54, 1.807) is 7.05 Å². The number of nitrogens with zero attached hydrogens (tertiary/aromatic N) is 2. The number of rotatable bonds is 5. The molecule has 1 aliphatic rings. The number of aliphatic hydroxyl groups excluding tert-OH is 1. The number of esters is 1. The minimum Gasteiger partial charge on any atom is -0.467 e. The summed E-state index contributed by atoms with van der Waals surface area (Å²) in [6, 6.07) is 2.16. The van der Waals surface area contributed by atoms with Crippen molar-refractivity contribution in [2.75, 3.05) is 50.6 Å². The molecule has 2 N–H and O–H groups in total. The monoisotopic (exact) mass is 357 g/mol. The average Bonchev–Trinajstić information content (AvgIpc) is 2.74. The Kier molecular flexibility index (Phi) is 6.13. The van der Waals surface area contributed by atoms with Crippen LogP contribution in [-0.2, 0) is 14.3 Å². The van der Waals surface area contributed by atoms with Gasteiger partial charge < -0.3 is 25.0 Å². The van der Waals surface area contributed by atoms with Gasteiger partial charge in [0.1, 0.15) is 5.69 Å². The first kappa shape index (κ1) is 18.9. The van der Waals surface area contributed by atoms with Crippen molar-refractivity contribution in [2.24, 2.45) is 0 Å². The van der Waals surface area contributed by atoms with Crippen molar-refractivity contribution >= 4 is 23.3 Å². The number of halogens is 2. The highest BCUT2D eigenvalue weighted by atomic mass is 19.1. The number of likely N-dealkylation sites (N-methyl/N-ethyl adjacent to an activating group) is 1. The molecule has 0 aromatic heterocycles. The predicted octanol–water partition coefficient (Wildman–Crippen LogP) is 0.579. The van der Waals surface area contributed by atoms with E-state index in [0.29, 0.717) is 13.1 Å². The molecule has 1 aromatic rings. The van der Waals surface area contributed by atoms with Crippen LogP contribution < -0.4 is 10.2 Å². The van der Waals surface area contributed by atoms with Crippen molar-refractivity contribution in [1.82, 2.24) is 4.90 Å². The summed E-state index contributed by atoms with van der Waals surface area (Å²) in [4.78, 5) is 25.8. The second-order valence-corrected chi connectivity index (χ2v) is 5.76. The van der Waals surface area contributed by atoms with Gasteiger partial charge in [0.25, 0.3) is 0 Å². The van der Waals surface area contributed by atoms with E-state index in [4.69, 9.17) is 0 Å². The molecule has 0 aliphatic carbocycles. The lowest BCUT2D eigenvalue weighted by Crippen LogP contribution is -2.31. The van der Waals surface area contributed by atoms with E-state index in [1.807, 2.05) is 0 Å². The number of ether oxygens (including phenoxy) is 1. The third kappa shape index (κ3) is 4.56. The average molecular weight is 357 g/mol. The minimum atomic E-state index is -1.44. The van der Waals surface area contributed by atoms with Crippen LogP contribution in [0.1, 0.15) is 6.42 Å². The number of hydrogen-bond acceptors (Lipinski definition) is 6. The molecule has 25 heavy (non-hydrogen) atoms. The fraction of sp³-hybridized carbons (Fsp3) is 0.500. The number of methoxy groups -OCH3 is 1. The lowest BCUT2D eigenvalue weighted by atomic mass is 10.2. The van der Waals surface area contributed by atoms with E-state index < -0.39 is 23.7 Å². The Bertz CT molecular complexity index is 633. The van der Waals surface area contributed by atoms with Crippen LogP contribution in [0.3, 0.4) is 0 Å². The molecular formula is C16H21F2N3O4. The molecule has 7 nitrogen and oxygen atoms in total. The lowest BCUT2D eigenvalue weighted by Gasteiger charge is -2.24. The number of amides is 1. The van der Waals surface area contributed by atoms with Gasteiger partial charge in [-0.25, -0.2) is 13.6 Å². The zero-order valence-electron chi connectivity index (χ0n) is 14.1. The van der Waals surface area contributed by atoms with Crippen molar-refractivity contribution in [3.63, 3.8) is 0 Å². The van der Waals surface area contributed by atoms with E-state index in [1.165, 1.54) is 9.80 Å². The minimum absolute atomic E-state index is 0.0709. The normalized spacial score (nSPS) is 16.4. The van der Waals surface area contributed by atoms with Gasteiger partial charge in [-0.1, -0.05) is 0 Å². The predicted molar refractivity (Wildman–Crippen MR) is 87.3 cm³/mol. The molecule has 138 valence electrons. The molecule has 0 radical (unpaired) electrons. The molecule has 1 aliphatic heterocycles. The van der Waals surface area contributed by atoms with Crippen LogP contribution in [0.5, 0.6) is 0 Å². The molecule has 1 amide bonds. The van der Waals surface area contributed by atoms with Gasteiger partial charge in [-0.15, -0.1) is 0 Å². The SMILES string of the molecule is COC(=O)[C@H](O)CNc1cc(F)c(N2CCC(=O)N(C)CC2)c(F)c1. The van der Waals surface area contributed by atoms with E-state index >= 15 is 0 Å². The number of benzene rings is 1. The highest BCUT2D eigenvalue weighted by molar-refractivity contribution is 5.77. The Balaban J connectivity index is 2.11. The Hall–Kier alpha value is -2.42. The zero-order chi connectivity index (χ0) is 18.6. The van der Waals surface area contributed by atoms with Gasteiger partial charge >= 0.3 is 5.97 Å². The molecule has 2 rings (SSSR count). The first-order valence-electron chi connectivity index (χ1n) is 7.81. The summed E-state index contributed by atoms with van der Waals surface area (Å²) in [6.07, 6.45) is -1.26. The van der Waals surface area contributed by atoms with Gasteiger partial charge in [-0.3, -0.25) is 4.79 Å². The van der Waals surface area contributed by atoms with Crippen molar-refractivity contribution in [3.05, 3.63) is 23.8 Å². The van der Waals surface area contributed by atoms with Crippen LogP contribution >= 0.6 is 0 Å². The van der Waals surface area contributed by atoms with Crippen LogP contribution in [0.15, 0.2) is 12.1 Å². The number of carbonyl (C=O) groups is 2. The molecule has 9 heteroatoms. The number of anilines is 2. The molecule has 1 fully saturated rings. The third-order valence-electron chi connectivity index (χ3n) is 4.03. The Labute approximate surface area is 144 Å². The second-order valence-electron chi connectivity index (χ2n) is 5.76.